The van der Waals surface area contributed by atoms with Gasteiger partial charge in [-0.2, -0.15) is 0 Å². The van der Waals surface area contributed by atoms with Crippen LogP contribution >= 0.6 is 0 Å². The van der Waals surface area contributed by atoms with Crippen LogP contribution in [-0.4, -0.2) is 11.9 Å². The van der Waals surface area contributed by atoms with Gasteiger partial charge in [-0.25, -0.2) is 0 Å². The molecule has 28 heavy (non-hydrogen) atoms. The Balaban J connectivity index is 0.000000391. The molecule has 0 bridgehead atoms. The second kappa shape index (κ2) is 14.9. The number of carbonyl (C=O) groups is 2. The topological polar surface area (TPSA) is 136 Å². The third-order valence-corrected chi connectivity index (χ3v) is 3.32. The number of aliphatic carboxylic acids is 2. The zero-order valence-corrected chi connectivity index (χ0v) is 16.4. The number of carboxylic acid groups (broad SMARTS) is 2. The number of hydrogen-bond donors (Lipinski definition) is 2. The van der Waals surface area contributed by atoms with E-state index in [1.807, 2.05) is 0 Å². The van der Waals surface area contributed by atoms with Crippen LogP contribution in [-0.2, 0) is 22.7 Å². The van der Waals surface area contributed by atoms with E-state index in [2.05, 4.69) is 73.8 Å². The highest BCUT2D eigenvalue weighted by Gasteiger charge is 1.89. The van der Waals surface area contributed by atoms with Crippen molar-refractivity contribution in [3.05, 3.63) is 95.1 Å². The highest BCUT2D eigenvalue weighted by molar-refractivity contribution is 5.80. The molecule has 2 rings (SSSR count). The molecule has 0 aliphatic heterocycles. The number of quaternary nitrogens is 2. The van der Waals surface area contributed by atoms with Crippen molar-refractivity contribution in [2.45, 2.75) is 26.9 Å². The van der Waals surface area contributed by atoms with E-state index in [1.165, 1.54) is 22.3 Å². The molecule has 0 fully saturated rings. The third kappa shape index (κ3) is 14.0. The molecule has 0 atom stereocenters. The SMILES string of the molecule is Cc1cccc(C[NH3+])c1.Cc1cccc(C[NH3+])c1.O=C([O-])/C=C\C=C/C(=O)[O-]. The van der Waals surface area contributed by atoms with Gasteiger partial charge in [-0.15, -0.1) is 0 Å². The Kier molecular flexibility index (Phi) is 13.2. The van der Waals surface area contributed by atoms with E-state index in [4.69, 9.17) is 0 Å². The van der Waals surface area contributed by atoms with E-state index in [1.54, 1.807) is 0 Å². The maximum Gasteiger partial charge on any atom is 0.0997 e. The lowest BCUT2D eigenvalue weighted by atomic mass is 10.1. The molecule has 0 saturated carbocycles. The summed E-state index contributed by atoms with van der Waals surface area (Å²) in [4.78, 5) is 19.3. The first-order valence-electron chi connectivity index (χ1n) is 8.74. The fourth-order valence-corrected chi connectivity index (χ4v) is 2.00. The highest BCUT2D eigenvalue weighted by Crippen LogP contribution is 2.01. The lowest BCUT2D eigenvalue weighted by molar-refractivity contribution is -0.386. The summed E-state index contributed by atoms with van der Waals surface area (Å²) in [5.41, 5.74) is 12.9. The number of allylic oxidation sites excluding steroid dienone is 2. The van der Waals surface area contributed by atoms with Gasteiger partial charge in [0.2, 0.25) is 0 Å². The van der Waals surface area contributed by atoms with Crippen molar-refractivity contribution in [1.82, 2.24) is 0 Å². The van der Waals surface area contributed by atoms with Gasteiger partial charge in [-0.3, -0.25) is 0 Å². The second-order valence-electron chi connectivity index (χ2n) is 5.83. The Morgan fingerprint density at radius 2 is 1.14 bits per heavy atom. The smallest absolute Gasteiger partial charge is 0.0997 e. The minimum Gasteiger partial charge on any atom is -0.545 e. The molecular weight excluding hydrogens is 356 g/mol. The number of carbonyl (C=O) groups excluding carboxylic acids is 2. The van der Waals surface area contributed by atoms with Crippen LogP contribution in [0.25, 0.3) is 0 Å². The van der Waals surface area contributed by atoms with Crippen LogP contribution in [0.2, 0.25) is 0 Å². The van der Waals surface area contributed by atoms with Gasteiger partial charge < -0.3 is 31.3 Å². The first-order chi connectivity index (χ1) is 13.3. The first kappa shape index (κ1) is 24.8. The van der Waals surface area contributed by atoms with Crippen LogP contribution in [0.1, 0.15) is 22.3 Å². The number of carboxylic acids is 2. The number of benzene rings is 2. The minimum atomic E-state index is -1.37. The van der Waals surface area contributed by atoms with Crippen LogP contribution < -0.4 is 21.7 Å². The summed E-state index contributed by atoms with van der Waals surface area (Å²) >= 11 is 0. The van der Waals surface area contributed by atoms with E-state index >= 15 is 0 Å². The quantitative estimate of drug-likeness (QED) is 0.508. The summed E-state index contributed by atoms with van der Waals surface area (Å²) in [5, 5.41) is 19.3. The number of hydrogen-bond acceptors (Lipinski definition) is 4. The molecule has 150 valence electrons. The lowest BCUT2D eigenvalue weighted by Crippen LogP contribution is -2.47. The van der Waals surface area contributed by atoms with E-state index in [0.717, 1.165) is 25.2 Å². The van der Waals surface area contributed by atoms with E-state index in [0.29, 0.717) is 12.2 Å². The Hall–Kier alpha value is -3.22. The van der Waals surface area contributed by atoms with Crippen LogP contribution in [0.5, 0.6) is 0 Å². The first-order valence-corrected chi connectivity index (χ1v) is 8.74. The van der Waals surface area contributed by atoms with Gasteiger partial charge in [0, 0.05) is 11.1 Å². The van der Waals surface area contributed by atoms with E-state index < -0.39 is 11.9 Å². The summed E-state index contributed by atoms with van der Waals surface area (Å²) < 4.78 is 0. The summed E-state index contributed by atoms with van der Waals surface area (Å²) in [6.07, 6.45) is 3.48. The minimum absolute atomic E-state index is 0.708. The molecule has 0 saturated heterocycles. The van der Waals surface area contributed by atoms with Crippen LogP contribution in [0.15, 0.2) is 72.8 Å². The van der Waals surface area contributed by atoms with Crippen molar-refractivity contribution in [2.24, 2.45) is 0 Å². The average Bonchev–Trinajstić information content (AvgIpc) is 2.66. The van der Waals surface area contributed by atoms with Gasteiger partial charge in [0.05, 0.1) is 25.0 Å². The molecule has 0 aliphatic rings. The van der Waals surface area contributed by atoms with Crippen molar-refractivity contribution in [2.75, 3.05) is 0 Å². The molecule has 0 radical (unpaired) electrons. The summed E-state index contributed by atoms with van der Waals surface area (Å²) in [6, 6.07) is 16.8. The summed E-state index contributed by atoms with van der Waals surface area (Å²) in [6.45, 7) is 5.97. The van der Waals surface area contributed by atoms with Crippen molar-refractivity contribution in [3.8, 4) is 0 Å². The molecule has 0 aromatic heterocycles. The highest BCUT2D eigenvalue weighted by atomic mass is 16.4. The van der Waals surface area contributed by atoms with Gasteiger partial charge >= 0.3 is 0 Å². The predicted molar refractivity (Wildman–Crippen MR) is 104 cm³/mol. The van der Waals surface area contributed by atoms with Gasteiger partial charge in [0.1, 0.15) is 0 Å². The van der Waals surface area contributed by atoms with Gasteiger partial charge in [0.25, 0.3) is 0 Å². The third-order valence-electron chi connectivity index (χ3n) is 3.32. The molecule has 0 unspecified atom stereocenters. The maximum absolute atomic E-state index is 9.65. The summed E-state index contributed by atoms with van der Waals surface area (Å²) in [5.74, 6) is -2.74. The van der Waals surface area contributed by atoms with E-state index in [9.17, 15) is 19.8 Å². The lowest BCUT2D eigenvalue weighted by Gasteiger charge is -1.93. The zero-order chi connectivity index (χ0) is 21.4. The molecule has 0 aliphatic carbocycles. The van der Waals surface area contributed by atoms with Crippen LogP contribution in [0.4, 0.5) is 0 Å². The summed E-state index contributed by atoms with van der Waals surface area (Å²) in [7, 11) is 0. The molecule has 2 aromatic rings. The van der Waals surface area contributed by atoms with Crippen LogP contribution in [0.3, 0.4) is 0 Å². The molecule has 6 nitrogen and oxygen atoms in total. The molecular formula is C22H28N2O4. The molecule has 6 N–H and O–H groups in total. The monoisotopic (exact) mass is 384 g/mol. The van der Waals surface area contributed by atoms with Gasteiger partial charge in [0.15, 0.2) is 0 Å². The van der Waals surface area contributed by atoms with Crippen molar-refractivity contribution in [3.63, 3.8) is 0 Å². The number of aryl methyl sites for hydroxylation is 2. The van der Waals surface area contributed by atoms with Crippen molar-refractivity contribution < 1.29 is 31.3 Å². The zero-order valence-electron chi connectivity index (χ0n) is 16.4. The molecule has 0 amide bonds. The largest absolute Gasteiger partial charge is 0.545 e. The maximum atomic E-state index is 9.65. The fourth-order valence-electron chi connectivity index (χ4n) is 2.00. The Morgan fingerprint density at radius 3 is 1.36 bits per heavy atom. The Labute approximate surface area is 165 Å². The Morgan fingerprint density at radius 1 is 0.786 bits per heavy atom. The van der Waals surface area contributed by atoms with Crippen LogP contribution in [0, 0.1) is 13.8 Å². The molecule has 0 spiro atoms. The predicted octanol–water partition coefficient (Wildman–Crippen LogP) is -0.928. The van der Waals surface area contributed by atoms with Gasteiger partial charge in [-0.05, 0) is 26.0 Å². The molecule has 6 heteroatoms. The standard InChI is InChI=1S/2C8H11N.C6H6O4/c2*1-7-3-2-4-8(5-7)6-9;7-5(8)3-1-2-4-6(9)10/h2*2-5H,6,9H2,1H3;1-4H,(H,7,8)(H,9,10)/b;;3-1-,4-2-. The molecule has 2 aromatic carbocycles. The van der Waals surface area contributed by atoms with Crippen molar-refractivity contribution >= 4 is 11.9 Å². The average molecular weight is 384 g/mol. The second-order valence-corrected chi connectivity index (χ2v) is 5.83. The van der Waals surface area contributed by atoms with E-state index in [-0.39, 0.29) is 0 Å². The Bertz CT molecular complexity index is 731. The number of rotatable bonds is 5. The normalized spacial score (nSPS) is 10.0. The fraction of sp³-hybridized carbons (Fsp3) is 0.182. The molecule has 0 heterocycles. The van der Waals surface area contributed by atoms with Gasteiger partial charge in [-0.1, -0.05) is 71.8 Å². The van der Waals surface area contributed by atoms with Crippen molar-refractivity contribution in [1.29, 1.82) is 0 Å².